The summed E-state index contributed by atoms with van der Waals surface area (Å²) in [7, 11) is -3.47. The van der Waals surface area contributed by atoms with Crippen LogP contribution >= 0.6 is 0 Å². The number of fused-ring (bicyclic) bond motifs is 1. The van der Waals surface area contributed by atoms with Gasteiger partial charge in [0.25, 0.3) is 0 Å². The maximum atomic E-state index is 12.8. The van der Waals surface area contributed by atoms with E-state index >= 15 is 0 Å². The van der Waals surface area contributed by atoms with Gasteiger partial charge in [-0.15, -0.1) is 0 Å². The quantitative estimate of drug-likeness (QED) is 0.568. The molecule has 30 heavy (non-hydrogen) atoms. The van der Waals surface area contributed by atoms with Gasteiger partial charge in [-0.05, 0) is 46.5 Å². The number of carbonyl (C=O) groups excluding carboxylic acids is 1. The Labute approximate surface area is 176 Å². The van der Waals surface area contributed by atoms with E-state index in [4.69, 9.17) is 0 Å². The first-order valence-electron chi connectivity index (χ1n) is 9.73. The lowest BCUT2D eigenvalue weighted by molar-refractivity contribution is 0.251. The van der Waals surface area contributed by atoms with Gasteiger partial charge in [0.05, 0.1) is 10.6 Å². The first-order valence-corrected chi connectivity index (χ1v) is 11.4. The fraction of sp³-hybridized carbons (Fsp3) is 0.174. The van der Waals surface area contributed by atoms with Gasteiger partial charge >= 0.3 is 6.03 Å². The Morgan fingerprint density at radius 3 is 2.37 bits per heavy atom. The molecule has 3 aromatic carbocycles. The number of urea groups is 1. The van der Waals surface area contributed by atoms with Crippen molar-refractivity contribution < 1.29 is 13.2 Å². The number of rotatable bonds is 6. The summed E-state index contributed by atoms with van der Waals surface area (Å²) in [5.41, 5.74) is 4.68. The van der Waals surface area contributed by atoms with Crippen molar-refractivity contribution in [1.29, 1.82) is 0 Å². The zero-order chi connectivity index (χ0) is 21.0. The van der Waals surface area contributed by atoms with Gasteiger partial charge in [-0.25, -0.2) is 13.2 Å². The van der Waals surface area contributed by atoms with Crippen LogP contribution in [0.3, 0.4) is 0 Å². The molecule has 1 aliphatic rings. The maximum absolute atomic E-state index is 12.8. The van der Waals surface area contributed by atoms with Gasteiger partial charge in [0.15, 0.2) is 9.84 Å². The third-order valence-corrected chi connectivity index (χ3v) is 6.73. The van der Waals surface area contributed by atoms with Crippen LogP contribution in [0.15, 0.2) is 77.7 Å². The van der Waals surface area contributed by atoms with Crippen molar-refractivity contribution in [3.8, 4) is 0 Å². The lowest BCUT2D eigenvalue weighted by Crippen LogP contribution is -2.28. The lowest BCUT2D eigenvalue weighted by atomic mass is 10.1. The average molecular weight is 422 g/mol. The minimum absolute atomic E-state index is 0.0510. The molecule has 0 aromatic heterocycles. The van der Waals surface area contributed by atoms with Crippen LogP contribution in [0, 0.1) is 0 Å². The van der Waals surface area contributed by atoms with Gasteiger partial charge in [-0.2, -0.15) is 0 Å². The van der Waals surface area contributed by atoms with Crippen molar-refractivity contribution >= 4 is 21.6 Å². The smallest absolute Gasteiger partial charge is 0.319 e. The van der Waals surface area contributed by atoms with Crippen molar-refractivity contribution in [3.63, 3.8) is 0 Å². The molecule has 0 aliphatic carbocycles. The molecule has 0 fully saturated rings. The number of sulfone groups is 1. The highest BCUT2D eigenvalue weighted by Gasteiger charge is 2.18. The van der Waals surface area contributed by atoms with Crippen LogP contribution in [0.1, 0.15) is 22.3 Å². The monoisotopic (exact) mass is 421 g/mol. The third-order valence-electron chi connectivity index (χ3n) is 5.03. The second-order valence-electron chi connectivity index (χ2n) is 7.28. The Morgan fingerprint density at radius 1 is 0.867 bits per heavy atom. The van der Waals surface area contributed by atoms with Crippen molar-refractivity contribution in [2.75, 3.05) is 5.32 Å². The van der Waals surface area contributed by atoms with E-state index in [1.54, 1.807) is 12.1 Å². The molecule has 0 spiro atoms. The molecule has 7 heteroatoms. The van der Waals surface area contributed by atoms with Crippen LogP contribution < -0.4 is 16.0 Å². The summed E-state index contributed by atoms with van der Waals surface area (Å²) in [5, 5.41) is 8.75. The summed E-state index contributed by atoms with van der Waals surface area (Å²) >= 11 is 0. The zero-order valence-electron chi connectivity index (χ0n) is 16.4. The molecule has 0 bridgehead atoms. The maximum Gasteiger partial charge on any atom is 0.319 e. The molecule has 2 amide bonds. The Bertz CT molecular complexity index is 1140. The number of amides is 2. The molecule has 3 aromatic rings. The van der Waals surface area contributed by atoms with E-state index < -0.39 is 9.84 Å². The van der Waals surface area contributed by atoms with Crippen LogP contribution in [0.25, 0.3) is 0 Å². The predicted molar refractivity (Wildman–Crippen MR) is 117 cm³/mol. The van der Waals surface area contributed by atoms with Gasteiger partial charge in [-0.3, -0.25) is 0 Å². The zero-order valence-corrected chi connectivity index (χ0v) is 17.2. The van der Waals surface area contributed by atoms with Gasteiger partial charge < -0.3 is 16.0 Å². The van der Waals surface area contributed by atoms with Crippen molar-refractivity contribution in [2.24, 2.45) is 0 Å². The molecule has 154 valence electrons. The van der Waals surface area contributed by atoms with E-state index in [9.17, 15) is 13.2 Å². The third kappa shape index (κ3) is 4.87. The largest absolute Gasteiger partial charge is 0.334 e. The Kier molecular flexibility index (Phi) is 5.83. The minimum atomic E-state index is -3.47. The first-order chi connectivity index (χ1) is 14.5. The number of benzene rings is 3. The van der Waals surface area contributed by atoms with Crippen molar-refractivity contribution in [2.45, 2.75) is 30.3 Å². The summed E-state index contributed by atoms with van der Waals surface area (Å²) in [6.07, 6.45) is 0. The second-order valence-corrected chi connectivity index (χ2v) is 9.27. The highest BCUT2D eigenvalue weighted by Crippen LogP contribution is 2.22. The van der Waals surface area contributed by atoms with Crippen LogP contribution in [-0.4, -0.2) is 14.4 Å². The summed E-state index contributed by atoms with van der Waals surface area (Å²) in [6.45, 7) is 2.01. The fourth-order valence-electron chi connectivity index (χ4n) is 3.44. The first kappa shape index (κ1) is 20.1. The van der Waals surface area contributed by atoms with Crippen LogP contribution in [0.2, 0.25) is 0 Å². The fourth-order valence-corrected chi connectivity index (χ4v) is 4.78. The van der Waals surface area contributed by atoms with E-state index in [0.29, 0.717) is 12.2 Å². The Balaban J connectivity index is 1.36. The van der Waals surface area contributed by atoms with E-state index in [0.717, 1.165) is 29.8 Å². The minimum Gasteiger partial charge on any atom is -0.334 e. The summed E-state index contributed by atoms with van der Waals surface area (Å²) in [6, 6.07) is 21.3. The van der Waals surface area contributed by atoms with Crippen LogP contribution in [-0.2, 0) is 35.2 Å². The molecular weight excluding hydrogens is 398 g/mol. The average Bonchev–Trinajstić information content (AvgIpc) is 3.21. The predicted octanol–water partition coefficient (Wildman–Crippen LogP) is 3.59. The summed E-state index contributed by atoms with van der Waals surface area (Å²) in [4.78, 5) is 12.3. The number of nitrogens with one attached hydrogen (secondary N) is 3. The molecule has 1 heterocycles. The number of hydrogen-bond donors (Lipinski definition) is 3. The number of carbonyl (C=O) groups is 1. The molecule has 6 nitrogen and oxygen atoms in total. The van der Waals surface area contributed by atoms with Gasteiger partial charge in [0.1, 0.15) is 0 Å². The highest BCUT2D eigenvalue weighted by molar-refractivity contribution is 7.90. The van der Waals surface area contributed by atoms with Gasteiger partial charge in [0.2, 0.25) is 0 Å². The Morgan fingerprint density at radius 2 is 1.60 bits per heavy atom. The second kappa shape index (κ2) is 8.69. The topological polar surface area (TPSA) is 87.3 Å². The molecule has 0 saturated carbocycles. The molecule has 0 atom stereocenters. The molecule has 0 saturated heterocycles. The van der Waals surface area contributed by atoms with E-state index in [-0.39, 0.29) is 16.7 Å². The van der Waals surface area contributed by atoms with Gasteiger partial charge in [-0.1, -0.05) is 48.5 Å². The number of hydrogen-bond acceptors (Lipinski definition) is 4. The Hall–Kier alpha value is -3.16. The molecule has 0 unspecified atom stereocenters. The lowest BCUT2D eigenvalue weighted by Gasteiger charge is -2.10. The molecule has 3 N–H and O–H groups in total. The SMILES string of the molecule is O=C(NCc1ccccc1)Nc1ccc(S(=O)(=O)Cc2ccc3c(c2)CNC3)cc1. The van der Waals surface area contributed by atoms with E-state index in [1.807, 2.05) is 48.5 Å². The molecule has 0 radical (unpaired) electrons. The highest BCUT2D eigenvalue weighted by atomic mass is 32.2. The van der Waals surface area contributed by atoms with Crippen LogP contribution in [0.4, 0.5) is 10.5 Å². The summed E-state index contributed by atoms with van der Waals surface area (Å²) < 4.78 is 25.6. The van der Waals surface area contributed by atoms with Crippen LogP contribution in [0.5, 0.6) is 0 Å². The summed E-state index contributed by atoms with van der Waals surface area (Å²) in [5.74, 6) is -0.0510. The number of anilines is 1. The van der Waals surface area contributed by atoms with Gasteiger partial charge in [0, 0.05) is 25.3 Å². The van der Waals surface area contributed by atoms with Crippen molar-refractivity contribution in [1.82, 2.24) is 10.6 Å². The molecule has 1 aliphatic heterocycles. The standard InChI is InChI=1S/C23H23N3O3S/c27-23(25-13-17-4-2-1-3-5-17)26-21-8-10-22(11-9-21)30(28,29)16-18-6-7-19-14-24-15-20(19)12-18/h1-12,24H,13-16H2,(H2,25,26,27). The molecular formula is C23H23N3O3S. The van der Waals surface area contributed by atoms with E-state index in [1.165, 1.54) is 17.7 Å². The van der Waals surface area contributed by atoms with Crippen molar-refractivity contribution in [3.05, 3.63) is 95.1 Å². The van der Waals surface area contributed by atoms with E-state index in [2.05, 4.69) is 16.0 Å². The normalized spacial score (nSPS) is 12.9. The molecule has 4 rings (SSSR count).